The van der Waals surface area contributed by atoms with Crippen LogP contribution in [0.4, 0.5) is 0 Å². The molecule has 1 aromatic rings. The van der Waals surface area contributed by atoms with E-state index in [1.807, 2.05) is 6.07 Å². The molecule has 1 atom stereocenters. The molecule has 1 amide bonds. The summed E-state index contributed by atoms with van der Waals surface area (Å²) in [6.07, 6.45) is 0.438. The molecular weight excluding hydrogens is 260 g/mol. The summed E-state index contributed by atoms with van der Waals surface area (Å²) in [6.45, 7) is 1.55. The van der Waals surface area contributed by atoms with Gasteiger partial charge >= 0.3 is 5.97 Å². The zero-order chi connectivity index (χ0) is 15.0. The van der Waals surface area contributed by atoms with E-state index in [9.17, 15) is 9.59 Å². The maximum Gasteiger partial charge on any atom is 0.308 e. The summed E-state index contributed by atoms with van der Waals surface area (Å²) in [6, 6.07) is 8.54. The summed E-state index contributed by atoms with van der Waals surface area (Å²) in [5.74, 6) is -1.64. The van der Waals surface area contributed by atoms with E-state index in [-0.39, 0.29) is 13.2 Å². The molecule has 0 aromatic heterocycles. The van der Waals surface area contributed by atoms with Crippen molar-refractivity contribution in [2.45, 2.75) is 13.3 Å². The number of carbonyl (C=O) groups excluding carboxylic acids is 1. The van der Waals surface area contributed by atoms with Gasteiger partial charge in [0.15, 0.2) is 6.61 Å². The van der Waals surface area contributed by atoms with E-state index in [4.69, 9.17) is 15.1 Å². The van der Waals surface area contributed by atoms with Crippen LogP contribution in [0.3, 0.4) is 0 Å². The fourth-order valence-electron chi connectivity index (χ4n) is 1.52. The van der Waals surface area contributed by atoms with Gasteiger partial charge in [0.05, 0.1) is 11.5 Å². The molecule has 0 aliphatic carbocycles. The average molecular weight is 276 g/mol. The number of carboxylic acids is 1. The molecule has 2 N–H and O–H groups in total. The quantitative estimate of drug-likeness (QED) is 0.778. The molecule has 20 heavy (non-hydrogen) atoms. The monoisotopic (exact) mass is 276 g/mol. The molecule has 0 radical (unpaired) electrons. The number of nitriles is 1. The fourth-order valence-corrected chi connectivity index (χ4v) is 1.52. The minimum absolute atomic E-state index is 0.0634. The predicted molar refractivity (Wildman–Crippen MR) is 71.1 cm³/mol. The minimum atomic E-state index is -0.941. The van der Waals surface area contributed by atoms with Gasteiger partial charge in [-0.05, 0) is 18.6 Å². The third kappa shape index (κ3) is 4.61. The maximum absolute atomic E-state index is 11.5. The predicted octanol–water partition coefficient (Wildman–Crippen LogP) is 1.16. The second kappa shape index (κ2) is 7.79. The van der Waals surface area contributed by atoms with Crippen molar-refractivity contribution in [3.05, 3.63) is 29.8 Å². The Labute approximate surface area is 117 Å². The molecule has 1 unspecified atom stereocenters. The maximum atomic E-state index is 11.5. The highest BCUT2D eigenvalue weighted by Crippen LogP contribution is 2.16. The van der Waals surface area contributed by atoms with E-state index in [2.05, 4.69) is 5.32 Å². The number of ether oxygens (including phenoxy) is 1. The third-order valence-corrected chi connectivity index (χ3v) is 2.75. The number of hydrogen-bond acceptors (Lipinski definition) is 4. The number of para-hydroxylation sites is 1. The normalized spacial score (nSPS) is 11.2. The molecule has 106 valence electrons. The Morgan fingerprint density at radius 3 is 2.75 bits per heavy atom. The van der Waals surface area contributed by atoms with Crippen LogP contribution < -0.4 is 10.1 Å². The third-order valence-electron chi connectivity index (χ3n) is 2.75. The average Bonchev–Trinajstić information content (AvgIpc) is 2.45. The van der Waals surface area contributed by atoms with Gasteiger partial charge in [0.2, 0.25) is 0 Å². The van der Waals surface area contributed by atoms with Crippen LogP contribution in [0.15, 0.2) is 24.3 Å². The smallest absolute Gasteiger partial charge is 0.308 e. The Morgan fingerprint density at radius 1 is 1.45 bits per heavy atom. The van der Waals surface area contributed by atoms with Crippen molar-refractivity contribution in [2.75, 3.05) is 13.2 Å². The van der Waals surface area contributed by atoms with Gasteiger partial charge in [-0.3, -0.25) is 9.59 Å². The molecule has 0 heterocycles. The second-order valence-electron chi connectivity index (χ2n) is 4.14. The highest BCUT2D eigenvalue weighted by atomic mass is 16.5. The Morgan fingerprint density at radius 2 is 2.15 bits per heavy atom. The molecule has 0 fully saturated rings. The molecule has 6 heteroatoms. The van der Waals surface area contributed by atoms with Crippen molar-refractivity contribution >= 4 is 11.9 Å². The summed E-state index contributed by atoms with van der Waals surface area (Å²) < 4.78 is 5.23. The first-order valence-corrected chi connectivity index (χ1v) is 6.19. The lowest BCUT2D eigenvalue weighted by molar-refractivity contribution is -0.141. The standard InChI is InChI=1S/C14H16N2O4/c1-2-10(14(18)19)8-16-13(17)9-20-12-6-4-3-5-11(12)7-15/h3-6,10H,2,8-9H2,1H3,(H,16,17)(H,18,19). The first kappa shape index (κ1) is 15.5. The molecule has 6 nitrogen and oxygen atoms in total. The molecule has 0 bridgehead atoms. The van der Waals surface area contributed by atoms with E-state index >= 15 is 0 Å². The van der Waals surface area contributed by atoms with E-state index in [0.717, 1.165) is 0 Å². The molecule has 0 saturated heterocycles. The lowest BCUT2D eigenvalue weighted by atomic mass is 10.1. The number of carbonyl (C=O) groups is 2. The van der Waals surface area contributed by atoms with Gasteiger partial charge in [0.1, 0.15) is 11.8 Å². The van der Waals surface area contributed by atoms with Crippen LogP contribution >= 0.6 is 0 Å². The summed E-state index contributed by atoms with van der Waals surface area (Å²) in [5, 5.41) is 20.2. The molecule has 1 aromatic carbocycles. The number of carboxylic acid groups (broad SMARTS) is 1. The number of amides is 1. The van der Waals surface area contributed by atoms with Gasteiger partial charge in [-0.1, -0.05) is 19.1 Å². The highest BCUT2D eigenvalue weighted by Gasteiger charge is 2.16. The summed E-state index contributed by atoms with van der Waals surface area (Å²) in [4.78, 5) is 22.3. The van der Waals surface area contributed by atoms with Crippen LogP contribution in [0.1, 0.15) is 18.9 Å². The highest BCUT2D eigenvalue weighted by molar-refractivity contribution is 5.78. The summed E-state index contributed by atoms with van der Waals surface area (Å²) >= 11 is 0. The summed E-state index contributed by atoms with van der Waals surface area (Å²) in [7, 11) is 0. The van der Waals surface area contributed by atoms with Gasteiger partial charge in [-0.2, -0.15) is 5.26 Å². The largest absolute Gasteiger partial charge is 0.482 e. The Kier molecular flexibility index (Phi) is 6.04. The Hall–Kier alpha value is -2.55. The van der Waals surface area contributed by atoms with E-state index in [1.165, 1.54) is 0 Å². The molecule has 0 aliphatic heterocycles. The molecule has 0 saturated carbocycles. The van der Waals surface area contributed by atoms with Crippen molar-refractivity contribution in [3.63, 3.8) is 0 Å². The Bertz CT molecular complexity index is 522. The van der Waals surface area contributed by atoms with Gasteiger partial charge < -0.3 is 15.2 Å². The van der Waals surface area contributed by atoms with Crippen molar-refractivity contribution in [1.82, 2.24) is 5.32 Å². The lowest BCUT2D eigenvalue weighted by Crippen LogP contribution is -2.35. The van der Waals surface area contributed by atoms with Crippen molar-refractivity contribution < 1.29 is 19.4 Å². The molecule has 0 aliphatic rings. The zero-order valence-corrected chi connectivity index (χ0v) is 11.1. The van der Waals surface area contributed by atoms with Gasteiger partial charge in [-0.25, -0.2) is 0 Å². The SMILES string of the molecule is CCC(CNC(=O)COc1ccccc1C#N)C(=O)O. The van der Waals surface area contributed by atoms with Crippen LogP contribution in [0.2, 0.25) is 0 Å². The molecule has 1 rings (SSSR count). The summed E-state index contributed by atoms with van der Waals surface area (Å²) in [5.41, 5.74) is 0.345. The van der Waals surface area contributed by atoms with Gasteiger partial charge in [0.25, 0.3) is 5.91 Å². The first-order chi connectivity index (χ1) is 9.58. The number of nitrogens with zero attached hydrogens (tertiary/aromatic N) is 1. The van der Waals surface area contributed by atoms with Crippen molar-refractivity contribution in [1.29, 1.82) is 5.26 Å². The topological polar surface area (TPSA) is 99.4 Å². The van der Waals surface area contributed by atoms with Crippen LogP contribution in [-0.2, 0) is 9.59 Å². The van der Waals surface area contributed by atoms with E-state index in [1.54, 1.807) is 31.2 Å². The molecular formula is C14H16N2O4. The number of hydrogen-bond donors (Lipinski definition) is 2. The van der Waals surface area contributed by atoms with E-state index in [0.29, 0.717) is 17.7 Å². The number of rotatable bonds is 7. The van der Waals surface area contributed by atoms with Crippen molar-refractivity contribution in [3.8, 4) is 11.8 Å². The van der Waals surface area contributed by atoms with Gasteiger partial charge in [0, 0.05) is 6.54 Å². The number of aliphatic carboxylic acids is 1. The van der Waals surface area contributed by atoms with E-state index < -0.39 is 17.8 Å². The molecule has 0 spiro atoms. The zero-order valence-electron chi connectivity index (χ0n) is 11.1. The van der Waals surface area contributed by atoms with Crippen LogP contribution in [0, 0.1) is 17.2 Å². The van der Waals surface area contributed by atoms with Crippen LogP contribution in [-0.4, -0.2) is 30.1 Å². The Balaban J connectivity index is 2.44. The number of benzene rings is 1. The van der Waals surface area contributed by atoms with Gasteiger partial charge in [-0.15, -0.1) is 0 Å². The second-order valence-corrected chi connectivity index (χ2v) is 4.14. The van der Waals surface area contributed by atoms with Crippen LogP contribution in [0.5, 0.6) is 5.75 Å². The lowest BCUT2D eigenvalue weighted by Gasteiger charge is -2.12. The number of nitrogens with one attached hydrogen (secondary N) is 1. The fraction of sp³-hybridized carbons (Fsp3) is 0.357. The first-order valence-electron chi connectivity index (χ1n) is 6.19. The van der Waals surface area contributed by atoms with Crippen LogP contribution in [0.25, 0.3) is 0 Å². The van der Waals surface area contributed by atoms with Crippen molar-refractivity contribution in [2.24, 2.45) is 5.92 Å². The minimum Gasteiger partial charge on any atom is -0.482 e.